The van der Waals surface area contributed by atoms with E-state index in [0.717, 1.165) is 11.1 Å². The molecule has 0 saturated heterocycles. The van der Waals surface area contributed by atoms with Gasteiger partial charge in [0.25, 0.3) is 0 Å². The Morgan fingerprint density at radius 1 is 1.00 bits per heavy atom. The number of hydrogen-bond donors (Lipinski definition) is 1. The van der Waals surface area contributed by atoms with Gasteiger partial charge in [-0.2, -0.15) is 5.26 Å². The second kappa shape index (κ2) is 4.85. The van der Waals surface area contributed by atoms with Gasteiger partial charge < -0.3 is 10.5 Å². The zero-order valence-electron chi connectivity index (χ0n) is 12.1. The van der Waals surface area contributed by atoms with Crippen molar-refractivity contribution in [1.82, 2.24) is 0 Å². The molecule has 0 bridgehead atoms. The van der Waals surface area contributed by atoms with Gasteiger partial charge in [-0.1, -0.05) is 54.6 Å². The molecule has 1 aliphatic heterocycles. The smallest absolute Gasteiger partial charge is 0.205 e. The average Bonchev–Trinajstić information content (AvgIpc) is 2.87. The first-order valence-electron chi connectivity index (χ1n) is 7.23. The largest absolute Gasteiger partial charge is 0.439 e. The van der Waals surface area contributed by atoms with Crippen LogP contribution < -0.4 is 5.73 Å². The van der Waals surface area contributed by atoms with E-state index in [-0.39, 0.29) is 17.2 Å². The normalized spacial score (nSPS) is 19.1. The number of ketones is 1. The number of fused-ring (bicyclic) bond motifs is 2. The Balaban J connectivity index is 1.97. The van der Waals surface area contributed by atoms with Gasteiger partial charge in [0.2, 0.25) is 5.88 Å². The summed E-state index contributed by atoms with van der Waals surface area (Å²) in [5.41, 5.74) is 8.90. The molecule has 0 fully saturated rings. The number of hydrogen-bond acceptors (Lipinski definition) is 4. The third-order valence-corrected chi connectivity index (χ3v) is 4.21. The lowest BCUT2D eigenvalue weighted by atomic mass is 9.82. The highest BCUT2D eigenvalue weighted by Crippen LogP contribution is 2.47. The molecule has 110 valence electrons. The lowest BCUT2D eigenvalue weighted by Gasteiger charge is -2.25. The van der Waals surface area contributed by atoms with Crippen LogP contribution in [0, 0.1) is 11.3 Å². The fourth-order valence-corrected chi connectivity index (χ4v) is 3.19. The number of Topliss-reactive ketones (excluding diaryl/α,β-unsaturated/α-hetero) is 1. The maximum atomic E-state index is 12.9. The highest BCUT2D eigenvalue weighted by atomic mass is 16.5. The molecule has 2 N–H and O–H groups in total. The summed E-state index contributed by atoms with van der Waals surface area (Å²) >= 11 is 0. The van der Waals surface area contributed by atoms with Gasteiger partial charge in [0.1, 0.15) is 17.4 Å². The van der Waals surface area contributed by atoms with Crippen molar-refractivity contribution in [1.29, 1.82) is 5.26 Å². The number of benzene rings is 2. The van der Waals surface area contributed by atoms with E-state index in [2.05, 4.69) is 6.07 Å². The Labute approximate surface area is 133 Å². The lowest BCUT2D eigenvalue weighted by molar-refractivity contribution is 0.103. The molecule has 1 heterocycles. The summed E-state index contributed by atoms with van der Waals surface area (Å²) in [6, 6.07) is 18.8. The summed E-state index contributed by atoms with van der Waals surface area (Å²) < 4.78 is 5.66. The van der Waals surface area contributed by atoms with Crippen LogP contribution in [-0.4, -0.2) is 5.78 Å². The maximum absolute atomic E-state index is 12.9. The van der Waals surface area contributed by atoms with Gasteiger partial charge in [-0.15, -0.1) is 0 Å². The van der Waals surface area contributed by atoms with Gasteiger partial charge in [0.05, 0.1) is 11.5 Å². The molecule has 2 aromatic rings. The third-order valence-electron chi connectivity index (χ3n) is 4.21. The first kappa shape index (κ1) is 13.4. The molecule has 0 amide bonds. The quantitative estimate of drug-likeness (QED) is 0.878. The van der Waals surface area contributed by atoms with E-state index in [9.17, 15) is 10.1 Å². The van der Waals surface area contributed by atoms with E-state index < -0.39 is 5.92 Å². The van der Waals surface area contributed by atoms with Crippen molar-refractivity contribution < 1.29 is 9.53 Å². The predicted octanol–water partition coefficient (Wildman–Crippen LogP) is 3.10. The number of allylic oxidation sites excluding steroid dienone is 2. The lowest BCUT2D eigenvalue weighted by Crippen LogP contribution is -2.21. The van der Waals surface area contributed by atoms with Crippen molar-refractivity contribution in [2.75, 3.05) is 0 Å². The molecule has 1 atom stereocenters. The van der Waals surface area contributed by atoms with Crippen molar-refractivity contribution in [2.45, 2.75) is 5.92 Å². The summed E-state index contributed by atoms with van der Waals surface area (Å²) in [6.07, 6.45) is 0. The summed E-state index contributed by atoms with van der Waals surface area (Å²) in [5.74, 6) is -0.0740. The fourth-order valence-electron chi connectivity index (χ4n) is 3.19. The molecule has 0 aromatic heterocycles. The molecule has 1 aliphatic carbocycles. The van der Waals surface area contributed by atoms with Gasteiger partial charge in [0, 0.05) is 11.1 Å². The zero-order chi connectivity index (χ0) is 16.0. The Hall–Kier alpha value is -3.32. The minimum absolute atomic E-state index is 0.0598. The summed E-state index contributed by atoms with van der Waals surface area (Å²) in [7, 11) is 0. The standard InChI is InChI=1S/C19H12N2O2/c20-10-14-15(11-6-2-1-3-7-11)16-17(22)12-8-4-5-9-13(12)18(16)23-19(14)21/h1-9,15H,21H2/t15-/m1/s1. The summed E-state index contributed by atoms with van der Waals surface area (Å²) in [5, 5.41) is 9.51. The van der Waals surface area contributed by atoms with E-state index in [1.165, 1.54) is 0 Å². The van der Waals surface area contributed by atoms with E-state index in [0.29, 0.717) is 16.9 Å². The molecule has 0 saturated carbocycles. The molecular formula is C19H12N2O2. The Kier molecular flexibility index (Phi) is 2.82. The van der Waals surface area contributed by atoms with Crippen molar-refractivity contribution in [3.05, 3.63) is 88.3 Å². The van der Waals surface area contributed by atoms with E-state index in [1.807, 2.05) is 48.5 Å². The number of ether oxygens (including phenoxy) is 1. The van der Waals surface area contributed by atoms with Crippen LogP contribution in [-0.2, 0) is 4.74 Å². The Morgan fingerprint density at radius 2 is 1.65 bits per heavy atom. The number of rotatable bonds is 1. The highest BCUT2D eigenvalue weighted by Gasteiger charge is 2.42. The second-order valence-electron chi connectivity index (χ2n) is 5.45. The zero-order valence-corrected chi connectivity index (χ0v) is 12.1. The highest BCUT2D eigenvalue weighted by molar-refractivity contribution is 6.21. The number of nitrogens with two attached hydrogens (primary N) is 1. The van der Waals surface area contributed by atoms with Gasteiger partial charge >= 0.3 is 0 Å². The predicted molar refractivity (Wildman–Crippen MR) is 84.8 cm³/mol. The van der Waals surface area contributed by atoms with Crippen LogP contribution in [0.2, 0.25) is 0 Å². The van der Waals surface area contributed by atoms with E-state index in [4.69, 9.17) is 10.5 Å². The third kappa shape index (κ3) is 1.80. The molecule has 2 aliphatic rings. The van der Waals surface area contributed by atoms with Crippen molar-refractivity contribution in [2.24, 2.45) is 5.73 Å². The van der Waals surface area contributed by atoms with Gasteiger partial charge in [-0.3, -0.25) is 4.79 Å². The number of carbonyl (C=O) groups is 1. The minimum Gasteiger partial charge on any atom is -0.439 e. The molecular weight excluding hydrogens is 288 g/mol. The summed E-state index contributed by atoms with van der Waals surface area (Å²) in [4.78, 5) is 12.9. The molecule has 4 rings (SSSR count). The van der Waals surface area contributed by atoms with Crippen LogP contribution in [0.1, 0.15) is 27.4 Å². The Morgan fingerprint density at radius 3 is 2.35 bits per heavy atom. The van der Waals surface area contributed by atoms with Crippen LogP contribution >= 0.6 is 0 Å². The Bertz CT molecular complexity index is 933. The van der Waals surface area contributed by atoms with Gasteiger partial charge in [-0.05, 0) is 5.56 Å². The van der Waals surface area contributed by atoms with Crippen molar-refractivity contribution in [3.63, 3.8) is 0 Å². The van der Waals surface area contributed by atoms with Crippen LogP contribution in [0.4, 0.5) is 0 Å². The van der Waals surface area contributed by atoms with E-state index in [1.54, 1.807) is 6.07 Å². The molecule has 0 unspecified atom stereocenters. The fraction of sp³-hybridized carbons (Fsp3) is 0.0526. The van der Waals surface area contributed by atoms with Crippen molar-refractivity contribution >= 4 is 11.5 Å². The molecule has 2 aromatic carbocycles. The number of nitriles is 1. The minimum atomic E-state index is -0.496. The SMILES string of the molecule is N#CC1=C(N)OC2=C(C(=O)c3ccccc32)[C@@H]1c1ccccc1. The van der Waals surface area contributed by atoms with Gasteiger partial charge in [-0.25, -0.2) is 0 Å². The van der Waals surface area contributed by atoms with Crippen LogP contribution in [0.5, 0.6) is 0 Å². The van der Waals surface area contributed by atoms with Crippen molar-refractivity contribution in [3.8, 4) is 6.07 Å². The topological polar surface area (TPSA) is 76.1 Å². The van der Waals surface area contributed by atoms with E-state index >= 15 is 0 Å². The second-order valence-corrected chi connectivity index (χ2v) is 5.45. The first-order valence-corrected chi connectivity index (χ1v) is 7.23. The molecule has 0 spiro atoms. The van der Waals surface area contributed by atoms with Crippen LogP contribution in [0.25, 0.3) is 5.76 Å². The molecule has 0 radical (unpaired) electrons. The summed E-state index contributed by atoms with van der Waals surface area (Å²) in [6.45, 7) is 0. The van der Waals surface area contributed by atoms with Gasteiger partial charge in [0.15, 0.2) is 5.78 Å². The monoisotopic (exact) mass is 300 g/mol. The van der Waals surface area contributed by atoms with Crippen LogP contribution in [0.15, 0.2) is 71.6 Å². The average molecular weight is 300 g/mol. The molecule has 4 nitrogen and oxygen atoms in total. The molecule has 23 heavy (non-hydrogen) atoms. The maximum Gasteiger partial charge on any atom is 0.205 e. The molecule has 4 heteroatoms. The van der Waals surface area contributed by atoms with Crippen LogP contribution in [0.3, 0.4) is 0 Å². The number of carbonyl (C=O) groups excluding carboxylic acids is 1. The number of nitrogens with zero attached hydrogens (tertiary/aromatic N) is 1. The first-order chi connectivity index (χ1) is 11.2.